The molecule has 6 nitrogen and oxygen atoms in total. The summed E-state index contributed by atoms with van der Waals surface area (Å²) in [4.78, 5) is 38.8. The van der Waals surface area contributed by atoms with Crippen molar-refractivity contribution < 1.29 is 19.1 Å². The van der Waals surface area contributed by atoms with Gasteiger partial charge in [-0.15, -0.1) is 11.3 Å². The van der Waals surface area contributed by atoms with E-state index in [4.69, 9.17) is 4.74 Å². The molecule has 2 heterocycles. The van der Waals surface area contributed by atoms with Crippen LogP contribution in [-0.2, 0) is 19.1 Å². The van der Waals surface area contributed by atoms with E-state index in [2.05, 4.69) is 5.32 Å². The third-order valence-corrected chi connectivity index (χ3v) is 5.19. The highest BCUT2D eigenvalue weighted by Gasteiger charge is 2.26. The van der Waals surface area contributed by atoms with Crippen LogP contribution < -0.4 is 5.32 Å². The molecule has 2 rings (SSSR count). The van der Waals surface area contributed by atoms with Gasteiger partial charge in [0.2, 0.25) is 5.91 Å². The van der Waals surface area contributed by atoms with Gasteiger partial charge >= 0.3 is 5.97 Å². The van der Waals surface area contributed by atoms with Gasteiger partial charge in [0.25, 0.3) is 5.91 Å². The van der Waals surface area contributed by atoms with E-state index in [1.165, 1.54) is 18.3 Å². The van der Waals surface area contributed by atoms with Gasteiger partial charge < -0.3 is 15.0 Å². The SMILES string of the molecule is CC(=O)N[C@@H](CC(=O)O[C@H](C)C(=O)N1CCCCCC1)c1cccs1. The Morgan fingerprint density at radius 1 is 1.24 bits per heavy atom. The molecule has 0 saturated carbocycles. The first-order chi connectivity index (χ1) is 12.0. The Morgan fingerprint density at radius 2 is 1.92 bits per heavy atom. The minimum absolute atomic E-state index is 0.0116. The summed E-state index contributed by atoms with van der Waals surface area (Å²) in [6.45, 7) is 4.48. The second kappa shape index (κ2) is 9.56. The first kappa shape index (κ1) is 19.4. The molecule has 7 heteroatoms. The maximum atomic E-state index is 12.5. The van der Waals surface area contributed by atoms with Gasteiger partial charge in [-0.2, -0.15) is 0 Å². The van der Waals surface area contributed by atoms with Crippen LogP contribution >= 0.6 is 11.3 Å². The summed E-state index contributed by atoms with van der Waals surface area (Å²) in [6.07, 6.45) is 3.48. The number of thiophene rings is 1. The fourth-order valence-corrected chi connectivity index (χ4v) is 3.75. The lowest BCUT2D eigenvalue weighted by Gasteiger charge is -2.24. The van der Waals surface area contributed by atoms with Crippen LogP contribution in [0, 0.1) is 0 Å². The fraction of sp³-hybridized carbons (Fsp3) is 0.611. The number of ether oxygens (including phenoxy) is 1. The highest BCUT2D eigenvalue weighted by atomic mass is 32.1. The topological polar surface area (TPSA) is 75.7 Å². The Balaban J connectivity index is 1.90. The zero-order valence-corrected chi connectivity index (χ0v) is 15.6. The molecule has 0 bridgehead atoms. The van der Waals surface area contributed by atoms with Crippen LogP contribution in [-0.4, -0.2) is 41.9 Å². The first-order valence-electron chi connectivity index (χ1n) is 8.76. The monoisotopic (exact) mass is 366 g/mol. The molecule has 0 aromatic carbocycles. The van der Waals surface area contributed by atoms with E-state index < -0.39 is 18.1 Å². The molecule has 2 atom stereocenters. The predicted molar refractivity (Wildman–Crippen MR) is 96.1 cm³/mol. The number of nitrogens with zero attached hydrogens (tertiary/aromatic N) is 1. The van der Waals surface area contributed by atoms with Crippen LogP contribution in [0.4, 0.5) is 0 Å². The highest BCUT2D eigenvalue weighted by Crippen LogP contribution is 2.23. The standard InChI is InChI=1S/C18H26N2O4S/c1-13(18(23)20-9-5-3-4-6-10-20)24-17(22)12-15(19-14(2)21)16-8-7-11-25-16/h7-8,11,13,15H,3-6,9-10,12H2,1-2H3,(H,19,21)/t13-,15+/m1/s1. The minimum Gasteiger partial charge on any atom is -0.452 e. The summed E-state index contributed by atoms with van der Waals surface area (Å²) in [5.74, 6) is -0.829. The van der Waals surface area contributed by atoms with Crippen LogP contribution in [0.15, 0.2) is 17.5 Å². The zero-order chi connectivity index (χ0) is 18.2. The van der Waals surface area contributed by atoms with Crippen LogP contribution in [0.25, 0.3) is 0 Å². The molecule has 1 aliphatic heterocycles. The van der Waals surface area contributed by atoms with Crippen molar-refractivity contribution in [3.05, 3.63) is 22.4 Å². The molecule has 1 saturated heterocycles. The van der Waals surface area contributed by atoms with Gasteiger partial charge in [0.05, 0.1) is 12.5 Å². The third kappa shape index (κ3) is 6.16. The maximum Gasteiger partial charge on any atom is 0.309 e. The van der Waals surface area contributed by atoms with E-state index in [9.17, 15) is 14.4 Å². The van der Waals surface area contributed by atoms with Crippen molar-refractivity contribution in [3.63, 3.8) is 0 Å². The molecule has 1 N–H and O–H groups in total. The van der Waals surface area contributed by atoms with Gasteiger partial charge in [-0.25, -0.2) is 0 Å². The number of esters is 1. The van der Waals surface area contributed by atoms with Crippen LogP contribution in [0.3, 0.4) is 0 Å². The summed E-state index contributed by atoms with van der Waals surface area (Å²) >= 11 is 1.47. The van der Waals surface area contributed by atoms with Gasteiger partial charge in [-0.05, 0) is 31.2 Å². The Labute approximate surface area is 152 Å². The van der Waals surface area contributed by atoms with Gasteiger partial charge in [0.15, 0.2) is 6.10 Å². The zero-order valence-electron chi connectivity index (χ0n) is 14.8. The molecule has 1 aliphatic rings. The molecular formula is C18H26N2O4S. The molecule has 0 radical (unpaired) electrons. The van der Waals surface area contributed by atoms with Crippen molar-refractivity contribution in [1.82, 2.24) is 10.2 Å². The lowest BCUT2D eigenvalue weighted by molar-refractivity contribution is -0.159. The van der Waals surface area contributed by atoms with Crippen LogP contribution in [0.5, 0.6) is 0 Å². The van der Waals surface area contributed by atoms with Gasteiger partial charge in [0.1, 0.15) is 0 Å². The van der Waals surface area contributed by atoms with Crippen LogP contribution in [0.1, 0.15) is 56.9 Å². The number of hydrogen-bond donors (Lipinski definition) is 1. The number of rotatable bonds is 6. The predicted octanol–water partition coefficient (Wildman–Crippen LogP) is 2.65. The van der Waals surface area contributed by atoms with E-state index in [-0.39, 0.29) is 18.2 Å². The lowest BCUT2D eigenvalue weighted by Crippen LogP contribution is -2.40. The normalized spacial score (nSPS) is 17.3. The number of amides is 2. The quantitative estimate of drug-likeness (QED) is 0.786. The number of carbonyl (C=O) groups is 3. The van der Waals surface area contributed by atoms with E-state index >= 15 is 0 Å². The van der Waals surface area contributed by atoms with Crippen molar-refractivity contribution in [2.24, 2.45) is 0 Å². The summed E-state index contributed by atoms with van der Waals surface area (Å²) in [7, 11) is 0. The largest absolute Gasteiger partial charge is 0.452 e. The van der Waals surface area contributed by atoms with Crippen molar-refractivity contribution >= 4 is 29.1 Å². The summed E-state index contributed by atoms with van der Waals surface area (Å²) in [5.41, 5.74) is 0. The summed E-state index contributed by atoms with van der Waals surface area (Å²) < 4.78 is 5.34. The molecule has 0 aliphatic carbocycles. The van der Waals surface area contributed by atoms with E-state index in [1.54, 1.807) is 11.8 Å². The summed E-state index contributed by atoms with van der Waals surface area (Å²) in [5, 5.41) is 4.65. The highest BCUT2D eigenvalue weighted by molar-refractivity contribution is 7.10. The Kier molecular flexibility index (Phi) is 7.43. The van der Waals surface area contributed by atoms with Crippen molar-refractivity contribution in [2.75, 3.05) is 13.1 Å². The van der Waals surface area contributed by atoms with E-state index in [1.807, 2.05) is 17.5 Å². The Hall–Kier alpha value is -1.89. The van der Waals surface area contributed by atoms with Gasteiger partial charge in [-0.3, -0.25) is 14.4 Å². The Morgan fingerprint density at radius 3 is 2.48 bits per heavy atom. The van der Waals surface area contributed by atoms with Crippen molar-refractivity contribution in [1.29, 1.82) is 0 Å². The van der Waals surface area contributed by atoms with E-state index in [0.29, 0.717) is 0 Å². The fourth-order valence-electron chi connectivity index (χ4n) is 2.97. The van der Waals surface area contributed by atoms with Crippen LogP contribution in [0.2, 0.25) is 0 Å². The molecule has 25 heavy (non-hydrogen) atoms. The van der Waals surface area contributed by atoms with E-state index in [0.717, 1.165) is 43.6 Å². The third-order valence-electron chi connectivity index (χ3n) is 4.21. The van der Waals surface area contributed by atoms with Gasteiger partial charge in [0, 0.05) is 24.9 Å². The first-order valence-corrected chi connectivity index (χ1v) is 9.64. The number of carbonyl (C=O) groups excluding carboxylic acids is 3. The second-order valence-corrected chi connectivity index (χ2v) is 7.32. The number of nitrogens with one attached hydrogen (secondary N) is 1. The number of likely N-dealkylation sites (tertiary alicyclic amines) is 1. The number of hydrogen-bond acceptors (Lipinski definition) is 5. The van der Waals surface area contributed by atoms with Crippen molar-refractivity contribution in [2.45, 2.75) is 58.1 Å². The molecule has 2 amide bonds. The molecule has 138 valence electrons. The molecular weight excluding hydrogens is 340 g/mol. The molecule has 1 fully saturated rings. The average molecular weight is 366 g/mol. The molecule has 0 unspecified atom stereocenters. The van der Waals surface area contributed by atoms with Crippen molar-refractivity contribution in [3.8, 4) is 0 Å². The average Bonchev–Trinajstić information content (AvgIpc) is 2.95. The van der Waals surface area contributed by atoms with Gasteiger partial charge in [-0.1, -0.05) is 18.9 Å². The summed E-state index contributed by atoms with van der Waals surface area (Å²) in [6, 6.07) is 3.31. The smallest absolute Gasteiger partial charge is 0.309 e. The molecule has 1 aromatic rings. The maximum absolute atomic E-state index is 12.5. The lowest BCUT2D eigenvalue weighted by atomic mass is 10.1. The second-order valence-electron chi connectivity index (χ2n) is 6.34. The Bertz CT molecular complexity index is 580. The minimum atomic E-state index is -0.799. The molecule has 1 aromatic heterocycles. The molecule has 0 spiro atoms.